The van der Waals surface area contributed by atoms with E-state index in [2.05, 4.69) is 4.74 Å². The summed E-state index contributed by atoms with van der Waals surface area (Å²) in [6.45, 7) is 2.98. The van der Waals surface area contributed by atoms with E-state index in [1.54, 1.807) is 6.92 Å². The van der Waals surface area contributed by atoms with Gasteiger partial charge in [0.2, 0.25) is 0 Å². The lowest BCUT2D eigenvalue weighted by Crippen LogP contribution is -2.44. The molecule has 0 bridgehead atoms. The van der Waals surface area contributed by atoms with E-state index in [-0.39, 0.29) is 17.7 Å². The topological polar surface area (TPSA) is 113 Å². The molecule has 10 heteroatoms. The van der Waals surface area contributed by atoms with Gasteiger partial charge in [0.25, 0.3) is 6.30 Å². The minimum absolute atomic E-state index is 0.0372. The van der Waals surface area contributed by atoms with Gasteiger partial charge in [-0.1, -0.05) is 6.92 Å². The van der Waals surface area contributed by atoms with Crippen molar-refractivity contribution in [3.63, 3.8) is 0 Å². The van der Waals surface area contributed by atoms with E-state index in [0.717, 1.165) is 10.8 Å². The van der Waals surface area contributed by atoms with Crippen molar-refractivity contribution in [2.75, 3.05) is 6.61 Å². The highest BCUT2D eigenvalue weighted by atomic mass is 19.1. The summed E-state index contributed by atoms with van der Waals surface area (Å²) in [6.07, 6.45) is -1.57. The lowest BCUT2D eigenvalue weighted by atomic mass is 10.4. The second-order valence-corrected chi connectivity index (χ2v) is 4.01. The summed E-state index contributed by atoms with van der Waals surface area (Å²) in [5.74, 6) is -1.46. The Hall–Kier alpha value is -2.52. The smallest absolute Gasteiger partial charge is 0.362 e. The highest BCUT2D eigenvalue weighted by molar-refractivity contribution is 5.72. The number of carbonyl (C=O) groups is 1. The quantitative estimate of drug-likeness (QED) is 0.426. The third-order valence-corrected chi connectivity index (χ3v) is 2.54. The Morgan fingerprint density at radius 2 is 2.10 bits per heavy atom. The molecule has 0 fully saturated rings. The van der Waals surface area contributed by atoms with E-state index in [4.69, 9.17) is 0 Å². The Morgan fingerprint density at radius 1 is 1.48 bits per heavy atom. The molecule has 1 atom stereocenters. The Balaban J connectivity index is 3.55. The average Bonchev–Trinajstić information content (AvgIpc) is 2.41. The van der Waals surface area contributed by atoms with Crippen LogP contribution >= 0.6 is 0 Å². The van der Waals surface area contributed by atoms with Gasteiger partial charge in [-0.05, 0) is 13.3 Å². The molecule has 1 aromatic heterocycles. The third-order valence-electron chi connectivity index (χ3n) is 2.54. The fraction of sp³-hybridized carbons (Fsp3) is 0.545. The van der Waals surface area contributed by atoms with Gasteiger partial charge in [0.05, 0.1) is 17.7 Å². The summed E-state index contributed by atoms with van der Waals surface area (Å²) in [5, 5.41) is 10.8. The van der Waals surface area contributed by atoms with Crippen molar-refractivity contribution in [2.24, 2.45) is 0 Å². The summed E-state index contributed by atoms with van der Waals surface area (Å²) in [5.41, 5.74) is -3.62. The molecule has 0 saturated carbocycles. The Morgan fingerprint density at radius 3 is 2.57 bits per heavy atom. The molecule has 0 saturated heterocycles. The Labute approximate surface area is 117 Å². The molecule has 0 spiro atoms. The van der Waals surface area contributed by atoms with Crippen LogP contribution < -0.4 is 11.2 Å². The molecule has 1 rings (SSSR count). The number of nitrogens with zero attached hydrogens (tertiary/aromatic N) is 3. The predicted octanol–water partition coefficient (Wildman–Crippen LogP) is 0.359. The average molecular weight is 303 g/mol. The van der Waals surface area contributed by atoms with Gasteiger partial charge in [-0.2, -0.15) is 0 Å². The van der Waals surface area contributed by atoms with E-state index < -0.39 is 34.1 Å². The molecular weight excluding hydrogens is 289 g/mol. The first-order chi connectivity index (χ1) is 9.84. The monoisotopic (exact) mass is 303 g/mol. The highest BCUT2D eigenvalue weighted by Crippen LogP contribution is 2.09. The van der Waals surface area contributed by atoms with E-state index in [0.29, 0.717) is 6.42 Å². The zero-order valence-electron chi connectivity index (χ0n) is 11.4. The Kier molecular flexibility index (Phi) is 5.33. The number of rotatable bonds is 6. The molecule has 1 aromatic rings. The number of aryl methyl sites for hydroxylation is 1. The van der Waals surface area contributed by atoms with Gasteiger partial charge < -0.3 is 4.74 Å². The second-order valence-electron chi connectivity index (χ2n) is 4.01. The first-order valence-electron chi connectivity index (χ1n) is 6.16. The van der Waals surface area contributed by atoms with Crippen LogP contribution in [0.2, 0.25) is 0 Å². The van der Waals surface area contributed by atoms with Gasteiger partial charge in [0.1, 0.15) is 0 Å². The zero-order valence-corrected chi connectivity index (χ0v) is 11.4. The molecule has 1 unspecified atom stereocenters. The van der Waals surface area contributed by atoms with Crippen molar-refractivity contribution >= 4 is 11.7 Å². The standard InChI is InChI=1S/C11H14FN3O6/c1-3-5-13-6-7(15(19)20)9(16)14(11(13)18)8(12)10(17)21-4-2/h6,8H,3-5H2,1-2H3. The van der Waals surface area contributed by atoms with Crippen LogP contribution in [0, 0.1) is 10.1 Å². The van der Waals surface area contributed by atoms with E-state index in [1.165, 1.54) is 6.92 Å². The number of nitro groups is 1. The normalized spacial score (nSPS) is 12.0. The van der Waals surface area contributed by atoms with Gasteiger partial charge in [-0.25, -0.2) is 18.5 Å². The van der Waals surface area contributed by atoms with Gasteiger partial charge >= 0.3 is 22.9 Å². The van der Waals surface area contributed by atoms with E-state index >= 15 is 0 Å². The SMILES string of the molecule is CCCn1cc([N+](=O)[O-])c(=O)n(C(F)C(=O)OCC)c1=O. The van der Waals surface area contributed by atoms with Crippen LogP contribution in [0.5, 0.6) is 0 Å². The van der Waals surface area contributed by atoms with Crippen molar-refractivity contribution < 1.29 is 18.8 Å². The van der Waals surface area contributed by atoms with Crippen LogP contribution in [0.15, 0.2) is 15.8 Å². The molecule has 0 amide bonds. The lowest BCUT2D eigenvalue weighted by molar-refractivity contribution is -0.387. The first kappa shape index (κ1) is 16.5. The molecule has 0 aliphatic heterocycles. The number of aromatic nitrogens is 2. The maximum absolute atomic E-state index is 14.0. The first-order valence-corrected chi connectivity index (χ1v) is 6.16. The minimum Gasteiger partial charge on any atom is -0.462 e. The minimum atomic E-state index is -2.73. The van der Waals surface area contributed by atoms with Crippen molar-refractivity contribution in [3.8, 4) is 0 Å². The van der Waals surface area contributed by atoms with Crippen molar-refractivity contribution in [1.29, 1.82) is 0 Å². The lowest BCUT2D eigenvalue weighted by Gasteiger charge is -2.12. The van der Waals surface area contributed by atoms with Crippen LogP contribution in [0.4, 0.5) is 10.1 Å². The fourth-order valence-corrected chi connectivity index (χ4v) is 1.65. The molecule has 0 N–H and O–H groups in total. The highest BCUT2D eigenvalue weighted by Gasteiger charge is 2.29. The zero-order chi connectivity index (χ0) is 16.2. The van der Waals surface area contributed by atoms with Crippen LogP contribution in [-0.2, 0) is 16.1 Å². The summed E-state index contributed by atoms with van der Waals surface area (Å²) in [7, 11) is 0. The predicted molar refractivity (Wildman–Crippen MR) is 68.7 cm³/mol. The van der Waals surface area contributed by atoms with E-state index in [9.17, 15) is 28.9 Å². The van der Waals surface area contributed by atoms with Gasteiger partial charge in [0, 0.05) is 6.54 Å². The molecule has 0 aliphatic rings. The summed E-state index contributed by atoms with van der Waals surface area (Å²) in [6, 6.07) is 0. The maximum atomic E-state index is 14.0. The number of ether oxygens (including phenoxy) is 1. The van der Waals surface area contributed by atoms with Gasteiger partial charge in [-0.3, -0.25) is 19.5 Å². The van der Waals surface area contributed by atoms with Crippen LogP contribution in [0.3, 0.4) is 0 Å². The Bertz CT molecular complexity index is 665. The van der Waals surface area contributed by atoms with Crippen LogP contribution in [-0.4, -0.2) is 26.6 Å². The number of esters is 1. The molecule has 9 nitrogen and oxygen atoms in total. The number of carbonyl (C=O) groups excluding carboxylic acids is 1. The van der Waals surface area contributed by atoms with Crippen molar-refractivity contribution in [3.05, 3.63) is 37.1 Å². The van der Waals surface area contributed by atoms with Crippen LogP contribution in [0.25, 0.3) is 0 Å². The van der Waals surface area contributed by atoms with Crippen molar-refractivity contribution in [2.45, 2.75) is 33.1 Å². The molecule has 116 valence electrons. The maximum Gasteiger partial charge on any atom is 0.362 e. The molecule has 0 aromatic carbocycles. The van der Waals surface area contributed by atoms with Gasteiger partial charge in [-0.15, -0.1) is 0 Å². The molecular formula is C11H14FN3O6. The molecule has 21 heavy (non-hydrogen) atoms. The fourth-order valence-electron chi connectivity index (χ4n) is 1.65. The van der Waals surface area contributed by atoms with Crippen molar-refractivity contribution in [1.82, 2.24) is 9.13 Å². The number of alkyl halides is 1. The largest absolute Gasteiger partial charge is 0.462 e. The second kappa shape index (κ2) is 6.77. The van der Waals surface area contributed by atoms with Gasteiger partial charge in [0.15, 0.2) is 0 Å². The summed E-state index contributed by atoms with van der Waals surface area (Å²) >= 11 is 0. The van der Waals surface area contributed by atoms with Crippen LogP contribution in [0.1, 0.15) is 26.6 Å². The number of hydrogen-bond donors (Lipinski definition) is 0. The third kappa shape index (κ3) is 3.33. The molecule has 0 aliphatic carbocycles. The number of hydrogen-bond acceptors (Lipinski definition) is 6. The number of halogens is 1. The summed E-state index contributed by atoms with van der Waals surface area (Å²) in [4.78, 5) is 44.8. The molecule has 1 heterocycles. The van der Waals surface area contributed by atoms with E-state index in [1.807, 2.05) is 0 Å². The summed E-state index contributed by atoms with van der Waals surface area (Å²) < 4.78 is 19.0. The molecule has 0 radical (unpaired) electrons.